The van der Waals surface area contributed by atoms with Crippen molar-refractivity contribution in [3.05, 3.63) is 0 Å². The quantitative estimate of drug-likeness (QED) is 0.476. The summed E-state index contributed by atoms with van der Waals surface area (Å²) in [4.78, 5) is 21.6. The molecule has 0 aliphatic carbocycles. The third-order valence-corrected chi connectivity index (χ3v) is 2.05. The second-order valence-electron chi connectivity index (χ2n) is 3.67. The Labute approximate surface area is 72.1 Å². The third kappa shape index (κ3) is 2.32. The smallest absolute Gasteiger partial charge is 0.317 e. The summed E-state index contributed by atoms with van der Waals surface area (Å²) in [5.41, 5.74) is 0. The van der Waals surface area contributed by atoms with E-state index in [-0.39, 0.29) is 24.3 Å². The van der Waals surface area contributed by atoms with Gasteiger partial charge in [-0.2, -0.15) is 0 Å². The number of hydrogen-bond acceptors (Lipinski definition) is 3. The summed E-state index contributed by atoms with van der Waals surface area (Å²) in [5.74, 6) is -0.289. The Morgan fingerprint density at radius 1 is 1.50 bits per heavy atom. The van der Waals surface area contributed by atoms with Crippen LogP contribution in [0.1, 0.15) is 33.1 Å². The number of hydrogen-bond donors (Lipinski definition) is 0. The van der Waals surface area contributed by atoms with Crippen LogP contribution in [0.5, 0.6) is 0 Å². The van der Waals surface area contributed by atoms with E-state index in [4.69, 9.17) is 0 Å². The maximum Gasteiger partial charge on any atom is 0.317 e. The summed E-state index contributed by atoms with van der Waals surface area (Å²) >= 11 is 0. The van der Waals surface area contributed by atoms with Gasteiger partial charge < -0.3 is 4.74 Å². The molecular formula is C9H14O3. The Balaban J connectivity index is 2.33. The molecule has 1 unspecified atom stereocenters. The van der Waals surface area contributed by atoms with Crippen LogP contribution in [0.3, 0.4) is 0 Å². The molecule has 0 aromatic carbocycles. The molecule has 1 fully saturated rings. The Morgan fingerprint density at radius 3 is 2.58 bits per heavy atom. The van der Waals surface area contributed by atoms with Crippen LogP contribution in [0.15, 0.2) is 0 Å². The molecule has 0 aromatic heterocycles. The van der Waals surface area contributed by atoms with Crippen LogP contribution in [-0.4, -0.2) is 11.9 Å². The monoisotopic (exact) mass is 170 g/mol. The van der Waals surface area contributed by atoms with Gasteiger partial charge in [0.05, 0.1) is 12.3 Å². The average molecular weight is 170 g/mol. The molecule has 68 valence electrons. The zero-order valence-electron chi connectivity index (χ0n) is 7.50. The molecule has 1 heterocycles. The second-order valence-corrected chi connectivity index (χ2v) is 3.67. The highest BCUT2D eigenvalue weighted by atomic mass is 16.6. The summed E-state index contributed by atoms with van der Waals surface area (Å²) in [6.07, 6.45) is 2.04. The van der Waals surface area contributed by atoms with Gasteiger partial charge in [0.1, 0.15) is 0 Å². The van der Waals surface area contributed by atoms with Crippen LogP contribution < -0.4 is 0 Å². The van der Waals surface area contributed by atoms with Crippen molar-refractivity contribution >= 4 is 11.9 Å². The van der Waals surface area contributed by atoms with Gasteiger partial charge in [0.2, 0.25) is 0 Å². The van der Waals surface area contributed by atoms with Gasteiger partial charge in [0, 0.05) is 0 Å². The molecule has 1 aliphatic rings. The summed E-state index contributed by atoms with van der Waals surface area (Å²) in [5, 5.41) is 0. The minimum atomic E-state index is -0.367. The molecule has 0 bridgehead atoms. The molecule has 0 saturated carbocycles. The molecule has 1 aliphatic heterocycles. The normalized spacial score (nSPS) is 23.4. The lowest BCUT2D eigenvalue weighted by Gasteiger charge is -2.05. The van der Waals surface area contributed by atoms with Gasteiger partial charge in [-0.15, -0.1) is 0 Å². The van der Waals surface area contributed by atoms with Gasteiger partial charge in [-0.3, -0.25) is 9.59 Å². The van der Waals surface area contributed by atoms with E-state index >= 15 is 0 Å². The molecule has 3 nitrogen and oxygen atoms in total. The van der Waals surface area contributed by atoms with E-state index in [9.17, 15) is 9.59 Å². The van der Waals surface area contributed by atoms with E-state index < -0.39 is 0 Å². The van der Waals surface area contributed by atoms with Crippen LogP contribution in [0.25, 0.3) is 0 Å². The van der Waals surface area contributed by atoms with Crippen molar-refractivity contribution in [2.75, 3.05) is 0 Å². The molecule has 0 radical (unpaired) electrons. The van der Waals surface area contributed by atoms with E-state index in [0.29, 0.717) is 5.92 Å². The molecular weight excluding hydrogens is 156 g/mol. The number of esters is 2. The van der Waals surface area contributed by atoms with E-state index in [1.165, 1.54) is 0 Å². The average Bonchev–Trinajstić information content (AvgIpc) is 2.26. The van der Waals surface area contributed by atoms with Gasteiger partial charge in [-0.05, 0) is 12.3 Å². The van der Waals surface area contributed by atoms with Crippen LogP contribution in [0, 0.1) is 11.8 Å². The maximum atomic E-state index is 11.0. The highest BCUT2D eigenvalue weighted by Gasteiger charge is 2.32. The van der Waals surface area contributed by atoms with E-state index in [0.717, 1.165) is 12.8 Å². The van der Waals surface area contributed by atoms with Crippen LogP contribution in [-0.2, 0) is 14.3 Å². The van der Waals surface area contributed by atoms with Gasteiger partial charge in [-0.25, -0.2) is 0 Å². The van der Waals surface area contributed by atoms with Crippen molar-refractivity contribution in [3.63, 3.8) is 0 Å². The van der Waals surface area contributed by atoms with Gasteiger partial charge >= 0.3 is 11.9 Å². The van der Waals surface area contributed by atoms with Gasteiger partial charge in [-0.1, -0.05) is 20.3 Å². The third-order valence-electron chi connectivity index (χ3n) is 2.05. The van der Waals surface area contributed by atoms with Gasteiger partial charge in [0.25, 0.3) is 0 Å². The molecule has 0 N–H and O–H groups in total. The first kappa shape index (κ1) is 9.23. The first-order valence-electron chi connectivity index (χ1n) is 4.34. The molecule has 0 aromatic rings. The molecule has 1 saturated heterocycles. The Morgan fingerprint density at radius 2 is 2.17 bits per heavy atom. The number of rotatable bonds is 3. The van der Waals surface area contributed by atoms with Crippen molar-refractivity contribution in [1.82, 2.24) is 0 Å². The molecule has 12 heavy (non-hydrogen) atoms. The first-order chi connectivity index (χ1) is 5.59. The minimum absolute atomic E-state index is 0.167. The van der Waals surface area contributed by atoms with Crippen LogP contribution in [0.4, 0.5) is 0 Å². The SMILES string of the molecule is CC(C)CCC1CC(=O)OC1=O. The lowest BCUT2D eigenvalue weighted by molar-refractivity contribution is -0.153. The number of carbonyl (C=O) groups excluding carboxylic acids is 2. The standard InChI is InChI=1S/C9H14O3/c1-6(2)3-4-7-5-8(10)12-9(7)11/h6-7H,3-5H2,1-2H3. The van der Waals surface area contributed by atoms with E-state index in [2.05, 4.69) is 18.6 Å². The summed E-state index contributed by atoms with van der Waals surface area (Å²) in [7, 11) is 0. The maximum absolute atomic E-state index is 11.0. The fourth-order valence-electron chi connectivity index (χ4n) is 1.28. The van der Waals surface area contributed by atoms with Crippen LogP contribution >= 0.6 is 0 Å². The molecule has 0 spiro atoms. The highest BCUT2D eigenvalue weighted by Crippen LogP contribution is 2.22. The zero-order valence-corrected chi connectivity index (χ0v) is 7.50. The molecule has 3 heteroatoms. The summed E-state index contributed by atoms with van der Waals surface area (Å²) < 4.78 is 4.43. The Kier molecular flexibility index (Phi) is 2.84. The number of ether oxygens (including phenoxy) is 1. The van der Waals surface area contributed by atoms with Crippen molar-refractivity contribution in [1.29, 1.82) is 0 Å². The van der Waals surface area contributed by atoms with Crippen molar-refractivity contribution in [3.8, 4) is 0 Å². The lowest BCUT2D eigenvalue weighted by atomic mass is 9.97. The topological polar surface area (TPSA) is 43.4 Å². The minimum Gasteiger partial charge on any atom is -0.393 e. The number of carbonyl (C=O) groups is 2. The Hall–Kier alpha value is -0.860. The predicted octanol–water partition coefficient (Wildman–Crippen LogP) is 1.51. The van der Waals surface area contributed by atoms with Crippen molar-refractivity contribution < 1.29 is 14.3 Å². The molecule has 1 rings (SSSR count). The largest absolute Gasteiger partial charge is 0.393 e. The van der Waals surface area contributed by atoms with Crippen molar-refractivity contribution in [2.24, 2.45) is 11.8 Å². The van der Waals surface area contributed by atoms with Gasteiger partial charge in [0.15, 0.2) is 0 Å². The summed E-state index contributed by atoms with van der Waals surface area (Å²) in [6, 6.07) is 0. The predicted molar refractivity (Wildman–Crippen MR) is 43.3 cm³/mol. The molecule has 0 amide bonds. The second kappa shape index (κ2) is 3.70. The zero-order chi connectivity index (χ0) is 9.14. The van der Waals surface area contributed by atoms with Crippen LogP contribution in [0.2, 0.25) is 0 Å². The summed E-state index contributed by atoms with van der Waals surface area (Å²) in [6.45, 7) is 4.20. The fraction of sp³-hybridized carbons (Fsp3) is 0.778. The van der Waals surface area contributed by atoms with E-state index in [1.807, 2.05) is 0 Å². The lowest BCUT2D eigenvalue weighted by Crippen LogP contribution is -2.08. The number of cyclic esters (lactones) is 2. The Bertz CT molecular complexity index is 196. The highest BCUT2D eigenvalue weighted by molar-refractivity contribution is 5.94. The van der Waals surface area contributed by atoms with Crippen molar-refractivity contribution in [2.45, 2.75) is 33.1 Å². The fourth-order valence-corrected chi connectivity index (χ4v) is 1.28. The first-order valence-corrected chi connectivity index (χ1v) is 4.34. The van der Waals surface area contributed by atoms with E-state index in [1.54, 1.807) is 0 Å². The molecule has 1 atom stereocenters.